The monoisotopic (exact) mass is 337 g/mol. The van der Waals surface area contributed by atoms with Crippen LogP contribution in [0.4, 0.5) is 5.69 Å². The molecule has 1 N–H and O–H groups in total. The molecule has 0 heterocycles. The molecule has 6 nitrogen and oxygen atoms in total. The highest BCUT2D eigenvalue weighted by Gasteiger charge is 2.21. The average molecular weight is 337 g/mol. The van der Waals surface area contributed by atoms with Gasteiger partial charge in [0.2, 0.25) is 0 Å². The van der Waals surface area contributed by atoms with Crippen molar-refractivity contribution in [3.63, 3.8) is 0 Å². The van der Waals surface area contributed by atoms with Crippen molar-refractivity contribution in [1.82, 2.24) is 5.43 Å². The minimum atomic E-state index is -0.562. The number of benzene rings is 2. The Kier molecular flexibility index (Phi) is 5.18. The zero-order chi connectivity index (χ0) is 17.6. The summed E-state index contributed by atoms with van der Waals surface area (Å²) in [5.74, 6) is -0.0314. The number of carbonyl (C=O) groups is 1. The summed E-state index contributed by atoms with van der Waals surface area (Å²) in [5.41, 5.74) is 4.54. The van der Waals surface area contributed by atoms with Crippen LogP contribution in [0.25, 0.3) is 0 Å². The van der Waals surface area contributed by atoms with E-state index in [-0.39, 0.29) is 11.3 Å². The van der Waals surface area contributed by atoms with Crippen molar-refractivity contribution in [3.8, 4) is 0 Å². The molecule has 1 aliphatic carbocycles. The standard InChI is InChI=1S/C19H19N3O3/c23-19(17-8-4-5-9-18(17)22(24)25)21-20-16-12-10-15(11-13-16)14-6-2-1-3-7-14/h1-9,15H,10-13H2,(H,21,23). The van der Waals surface area contributed by atoms with Crippen LogP contribution in [0.2, 0.25) is 0 Å². The number of hydrogen-bond donors (Lipinski definition) is 1. The van der Waals surface area contributed by atoms with Gasteiger partial charge in [0, 0.05) is 11.8 Å². The van der Waals surface area contributed by atoms with E-state index in [4.69, 9.17) is 0 Å². The number of nitrogens with zero attached hydrogens (tertiary/aromatic N) is 2. The SMILES string of the molecule is O=C(NN=C1CCC(c2ccccc2)CC1)c1ccccc1[N+](=O)[O-]. The molecule has 25 heavy (non-hydrogen) atoms. The number of para-hydroxylation sites is 1. The number of hydrazone groups is 1. The first-order valence-corrected chi connectivity index (χ1v) is 8.29. The second-order valence-electron chi connectivity index (χ2n) is 6.08. The van der Waals surface area contributed by atoms with Gasteiger partial charge < -0.3 is 0 Å². The third-order valence-electron chi connectivity index (χ3n) is 4.49. The van der Waals surface area contributed by atoms with E-state index >= 15 is 0 Å². The molecule has 0 bridgehead atoms. The predicted octanol–water partition coefficient (Wildman–Crippen LogP) is 4.04. The maximum Gasteiger partial charge on any atom is 0.282 e. The quantitative estimate of drug-likeness (QED) is 0.675. The molecule has 3 rings (SSSR count). The van der Waals surface area contributed by atoms with Gasteiger partial charge in [0.15, 0.2) is 0 Å². The second kappa shape index (κ2) is 7.70. The maximum atomic E-state index is 12.2. The Bertz CT molecular complexity index is 793. The third kappa shape index (κ3) is 4.09. The largest absolute Gasteiger partial charge is 0.282 e. The molecule has 0 saturated heterocycles. The summed E-state index contributed by atoms with van der Waals surface area (Å²) in [5, 5.41) is 15.2. The highest BCUT2D eigenvalue weighted by Crippen LogP contribution is 2.31. The molecule has 1 amide bonds. The lowest BCUT2D eigenvalue weighted by Gasteiger charge is -2.23. The number of nitro groups is 1. The van der Waals surface area contributed by atoms with Crippen LogP contribution >= 0.6 is 0 Å². The van der Waals surface area contributed by atoms with Gasteiger partial charge in [-0.3, -0.25) is 14.9 Å². The summed E-state index contributed by atoms with van der Waals surface area (Å²) in [4.78, 5) is 22.6. The van der Waals surface area contributed by atoms with Crippen molar-refractivity contribution in [3.05, 3.63) is 75.8 Å². The number of nitro benzene ring substituents is 1. The topological polar surface area (TPSA) is 84.6 Å². The molecule has 0 aromatic heterocycles. The molecule has 0 spiro atoms. The van der Waals surface area contributed by atoms with Crippen LogP contribution in [-0.4, -0.2) is 16.5 Å². The Morgan fingerprint density at radius 1 is 1.04 bits per heavy atom. The van der Waals surface area contributed by atoms with Crippen LogP contribution in [0.1, 0.15) is 47.5 Å². The number of carbonyl (C=O) groups excluding carboxylic acids is 1. The zero-order valence-corrected chi connectivity index (χ0v) is 13.7. The van der Waals surface area contributed by atoms with E-state index in [0.29, 0.717) is 5.92 Å². The number of amides is 1. The average Bonchev–Trinajstić information content (AvgIpc) is 2.67. The molecular formula is C19H19N3O3. The van der Waals surface area contributed by atoms with Crippen LogP contribution < -0.4 is 5.43 Å². The molecule has 2 aromatic carbocycles. The van der Waals surface area contributed by atoms with Crippen LogP contribution in [0.3, 0.4) is 0 Å². The summed E-state index contributed by atoms with van der Waals surface area (Å²) in [6.45, 7) is 0. The van der Waals surface area contributed by atoms with Gasteiger partial charge in [0.1, 0.15) is 5.56 Å². The van der Waals surface area contributed by atoms with Gasteiger partial charge in [-0.05, 0) is 43.2 Å². The molecule has 0 atom stereocenters. The molecule has 128 valence electrons. The zero-order valence-electron chi connectivity index (χ0n) is 13.7. The van der Waals surface area contributed by atoms with Crippen molar-refractivity contribution < 1.29 is 9.72 Å². The molecule has 0 radical (unpaired) electrons. The van der Waals surface area contributed by atoms with E-state index in [0.717, 1.165) is 31.4 Å². The van der Waals surface area contributed by atoms with E-state index in [2.05, 4.69) is 22.7 Å². The number of hydrogen-bond acceptors (Lipinski definition) is 4. The lowest BCUT2D eigenvalue weighted by Crippen LogP contribution is -2.22. The second-order valence-corrected chi connectivity index (χ2v) is 6.08. The smallest absolute Gasteiger partial charge is 0.267 e. The van der Waals surface area contributed by atoms with Gasteiger partial charge in [-0.1, -0.05) is 42.5 Å². The Hall–Kier alpha value is -3.02. The van der Waals surface area contributed by atoms with Gasteiger partial charge in [-0.25, -0.2) is 5.43 Å². The van der Waals surface area contributed by atoms with Gasteiger partial charge >= 0.3 is 0 Å². The number of rotatable bonds is 4. The van der Waals surface area contributed by atoms with Crippen LogP contribution in [0.5, 0.6) is 0 Å². The summed E-state index contributed by atoms with van der Waals surface area (Å²) >= 11 is 0. The number of nitrogens with one attached hydrogen (secondary N) is 1. The van der Waals surface area contributed by atoms with E-state index in [9.17, 15) is 14.9 Å². The lowest BCUT2D eigenvalue weighted by molar-refractivity contribution is -0.385. The van der Waals surface area contributed by atoms with Crippen molar-refractivity contribution in [2.45, 2.75) is 31.6 Å². The first-order valence-electron chi connectivity index (χ1n) is 8.29. The summed E-state index contributed by atoms with van der Waals surface area (Å²) < 4.78 is 0. The van der Waals surface area contributed by atoms with Gasteiger partial charge in [-0.15, -0.1) is 0 Å². The van der Waals surface area contributed by atoms with Crippen LogP contribution in [0.15, 0.2) is 59.7 Å². The molecule has 0 aliphatic heterocycles. The lowest BCUT2D eigenvalue weighted by atomic mass is 9.83. The van der Waals surface area contributed by atoms with E-state index in [1.54, 1.807) is 6.07 Å². The Balaban J connectivity index is 1.60. The molecule has 6 heteroatoms. The third-order valence-corrected chi connectivity index (χ3v) is 4.49. The Morgan fingerprint density at radius 3 is 2.36 bits per heavy atom. The first kappa shape index (κ1) is 16.8. The van der Waals surface area contributed by atoms with Crippen molar-refractivity contribution in [2.24, 2.45) is 5.10 Å². The first-order chi connectivity index (χ1) is 12.1. The van der Waals surface area contributed by atoms with Crippen LogP contribution in [-0.2, 0) is 0 Å². The Morgan fingerprint density at radius 2 is 1.68 bits per heavy atom. The van der Waals surface area contributed by atoms with Crippen LogP contribution in [0, 0.1) is 10.1 Å². The summed E-state index contributed by atoms with van der Waals surface area (Å²) in [7, 11) is 0. The molecule has 1 saturated carbocycles. The maximum absolute atomic E-state index is 12.2. The fraction of sp³-hybridized carbons (Fsp3) is 0.263. The fourth-order valence-electron chi connectivity index (χ4n) is 3.14. The minimum Gasteiger partial charge on any atom is -0.267 e. The van der Waals surface area contributed by atoms with Gasteiger partial charge in [0.25, 0.3) is 11.6 Å². The van der Waals surface area contributed by atoms with Gasteiger partial charge in [0.05, 0.1) is 4.92 Å². The highest BCUT2D eigenvalue weighted by atomic mass is 16.6. The summed E-state index contributed by atoms with van der Waals surface area (Å²) in [6, 6.07) is 16.3. The normalized spacial score (nSPS) is 17.0. The molecule has 1 aliphatic rings. The fourth-order valence-corrected chi connectivity index (χ4v) is 3.14. The molecule has 2 aromatic rings. The molecule has 1 fully saturated rings. The predicted molar refractivity (Wildman–Crippen MR) is 95.6 cm³/mol. The Labute approximate surface area is 145 Å². The molecular weight excluding hydrogens is 318 g/mol. The minimum absolute atomic E-state index is 0.0230. The van der Waals surface area contributed by atoms with E-state index in [1.807, 2.05) is 18.2 Å². The van der Waals surface area contributed by atoms with Crippen molar-refractivity contribution in [1.29, 1.82) is 0 Å². The summed E-state index contributed by atoms with van der Waals surface area (Å²) in [6.07, 6.45) is 3.61. The molecule has 0 unspecified atom stereocenters. The van der Waals surface area contributed by atoms with Crippen molar-refractivity contribution in [2.75, 3.05) is 0 Å². The van der Waals surface area contributed by atoms with Gasteiger partial charge in [-0.2, -0.15) is 5.10 Å². The van der Waals surface area contributed by atoms with Crippen molar-refractivity contribution >= 4 is 17.3 Å². The highest BCUT2D eigenvalue weighted by molar-refractivity contribution is 5.99. The van der Waals surface area contributed by atoms with E-state index in [1.165, 1.54) is 23.8 Å². The van der Waals surface area contributed by atoms with E-state index < -0.39 is 10.8 Å².